The highest BCUT2D eigenvalue weighted by molar-refractivity contribution is 5.53. The van der Waals surface area contributed by atoms with Crippen molar-refractivity contribution < 1.29 is 18.7 Å². The van der Waals surface area contributed by atoms with E-state index in [1.165, 1.54) is 6.07 Å². The number of hydrogen-bond acceptors (Lipinski definition) is 2. The second-order valence-electron chi connectivity index (χ2n) is 5.92. The second kappa shape index (κ2) is 7.12. The Bertz CT molecular complexity index is 494. The molecule has 1 aliphatic carbocycles. The molecule has 1 unspecified atom stereocenters. The Kier molecular flexibility index (Phi) is 5.45. The maximum atomic E-state index is 14.3. The molecule has 0 bridgehead atoms. The van der Waals surface area contributed by atoms with Gasteiger partial charge in [0.15, 0.2) is 11.6 Å². The first-order valence-corrected chi connectivity index (χ1v) is 7.69. The van der Waals surface area contributed by atoms with Crippen LogP contribution in [-0.2, 0) is 4.79 Å². The molecular formula is C17H22F2O2. The largest absolute Gasteiger partial charge is 0.388 e. The van der Waals surface area contributed by atoms with Gasteiger partial charge >= 0.3 is 0 Å². The quantitative estimate of drug-likeness (QED) is 0.824. The van der Waals surface area contributed by atoms with Crippen molar-refractivity contribution in [2.75, 3.05) is 0 Å². The van der Waals surface area contributed by atoms with Gasteiger partial charge in [-0.2, -0.15) is 0 Å². The van der Waals surface area contributed by atoms with E-state index in [0.717, 1.165) is 19.1 Å². The fourth-order valence-electron chi connectivity index (χ4n) is 3.15. The molecule has 1 aliphatic rings. The Labute approximate surface area is 124 Å². The third kappa shape index (κ3) is 3.49. The van der Waals surface area contributed by atoms with E-state index in [2.05, 4.69) is 0 Å². The number of aliphatic hydroxyl groups excluding tert-OH is 1. The lowest BCUT2D eigenvalue weighted by Gasteiger charge is -2.26. The monoisotopic (exact) mass is 296 g/mol. The number of carbonyl (C=O) groups is 1. The molecule has 1 aromatic carbocycles. The smallest absolute Gasteiger partial charge is 0.164 e. The standard InChI is InChI=1S/C17H22F2O2/c1-2-3-15(21)14-9-8-13(16(18)17(14)19)12-6-4-11(10-20)5-7-12/h8-12,15,21H,2-7H2,1H3. The van der Waals surface area contributed by atoms with Gasteiger partial charge in [0.2, 0.25) is 0 Å². The Balaban J connectivity index is 2.19. The van der Waals surface area contributed by atoms with Gasteiger partial charge in [0.1, 0.15) is 6.29 Å². The highest BCUT2D eigenvalue weighted by Gasteiger charge is 2.27. The molecule has 0 heterocycles. The van der Waals surface area contributed by atoms with E-state index in [4.69, 9.17) is 0 Å². The van der Waals surface area contributed by atoms with Gasteiger partial charge < -0.3 is 9.90 Å². The fraction of sp³-hybridized carbons (Fsp3) is 0.588. The molecule has 1 N–H and O–H groups in total. The molecule has 21 heavy (non-hydrogen) atoms. The molecule has 1 aromatic rings. The molecule has 0 saturated heterocycles. The zero-order valence-corrected chi connectivity index (χ0v) is 12.3. The Hall–Kier alpha value is -1.29. The molecule has 1 atom stereocenters. The summed E-state index contributed by atoms with van der Waals surface area (Å²) in [6.45, 7) is 1.89. The lowest BCUT2D eigenvalue weighted by atomic mass is 9.79. The maximum absolute atomic E-state index is 14.3. The van der Waals surface area contributed by atoms with Crippen LogP contribution in [0.2, 0.25) is 0 Å². The van der Waals surface area contributed by atoms with E-state index in [-0.39, 0.29) is 17.4 Å². The SMILES string of the molecule is CCCC(O)c1ccc(C2CCC(C=O)CC2)c(F)c1F. The van der Waals surface area contributed by atoms with Crippen LogP contribution < -0.4 is 0 Å². The first-order valence-electron chi connectivity index (χ1n) is 7.69. The molecule has 116 valence electrons. The van der Waals surface area contributed by atoms with Crippen LogP contribution in [0.5, 0.6) is 0 Å². The van der Waals surface area contributed by atoms with Crippen molar-refractivity contribution in [3.05, 3.63) is 34.9 Å². The van der Waals surface area contributed by atoms with Crippen LogP contribution >= 0.6 is 0 Å². The number of halogens is 2. The average Bonchev–Trinajstić information content (AvgIpc) is 2.50. The number of hydrogen-bond donors (Lipinski definition) is 1. The summed E-state index contributed by atoms with van der Waals surface area (Å²) >= 11 is 0. The third-order valence-electron chi connectivity index (χ3n) is 4.47. The van der Waals surface area contributed by atoms with Crippen molar-refractivity contribution >= 4 is 6.29 Å². The number of carbonyl (C=O) groups excluding carboxylic acids is 1. The molecule has 4 heteroatoms. The van der Waals surface area contributed by atoms with Crippen LogP contribution in [-0.4, -0.2) is 11.4 Å². The lowest BCUT2D eigenvalue weighted by Crippen LogP contribution is -2.16. The van der Waals surface area contributed by atoms with Crippen molar-refractivity contribution in [2.45, 2.75) is 57.5 Å². The van der Waals surface area contributed by atoms with Crippen molar-refractivity contribution in [3.63, 3.8) is 0 Å². The van der Waals surface area contributed by atoms with Crippen molar-refractivity contribution in [1.29, 1.82) is 0 Å². The van der Waals surface area contributed by atoms with E-state index in [1.807, 2.05) is 6.92 Å². The number of aliphatic hydroxyl groups is 1. The van der Waals surface area contributed by atoms with E-state index in [0.29, 0.717) is 31.2 Å². The van der Waals surface area contributed by atoms with Gasteiger partial charge in [0, 0.05) is 11.5 Å². The predicted octanol–water partition coefficient (Wildman–Crippen LogP) is 4.27. The lowest BCUT2D eigenvalue weighted by molar-refractivity contribution is -0.111. The van der Waals surface area contributed by atoms with Crippen LogP contribution in [0.25, 0.3) is 0 Å². The van der Waals surface area contributed by atoms with E-state index in [1.54, 1.807) is 6.07 Å². The van der Waals surface area contributed by atoms with E-state index < -0.39 is 17.7 Å². The molecule has 2 nitrogen and oxygen atoms in total. The third-order valence-corrected chi connectivity index (χ3v) is 4.47. The summed E-state index contributed by atoms with van der Waals surface area (Å²) in [4.78, 5) is 10.7. The summed E-state index contributed by atoms with van der Waals surface area (Å²) in [6.07, 6.45) is 4.00. The van der Waals surface area contributed by atoms with E-state index in [9.17, 15) is 18.7 Å². The summed E-state index contributed by atoms with van der Waals surface area (Å²) < 4.78 is 28.4. The topological polar surface area (TPSA) is 37.3 Å². The van der Waals surface area contributed by atoms with E-state index >= 15 is 0 Å². The van der Waals surface area contributed by atoms with Crippen molar-refractivity contribution in [3.8, 4) is 0 Å². The first kappa shape index (κ1) is 16.1. The maximum Gasteiger partial charge on any atom is 0.164 e. The molecule has 0 spiro atoms. The van der Waals surface area contributed by atoms with Crippen molar-refractivity contribution in [2.24, 2.45) is 5.92 Å². The molecule has 0 aliphatic heterocycles. The molecule has 2 rings (SSSR count). The summed E-state index contributed by atoms with van der Waals surface area (Å²) in [5, 5.41) is 9.85. The molecule has 1 fully saturated rings. The van der Waals surface area contributed by atoms with Crippen LogP contribution in [0.15, 0.2) is 12.1 Å². The highest BCUT2D eigenvalue weighted by Crippen LogP contribution is 2.37. The summed E-state index contributed by atoms with van der Waals surface area (Å²) in [6, 6.07) is 3.10. The van der Waals surface area contributed by atoms with Crippen LogP contribution in [0.4, 0.5) is 8.78 Å². The summed E-state index contributed by atoms with van der Waals surface area (Å²) in [7, 11) is 0. The summed E-state index contributed by atoms with van der Waals surface area (Å²) in [5.74, 6) is -1.74. The Morgan fingerprint density at radius 3 is 2.48 bits per heavy atom. The molecule has 0 aromatic heterocycles. The van der Waals surface area contributed by atoms with Crippen LogP contribution in [0.1, 0.15) is 68.6 Å². The van der Waals surface area contributed by atoms with Gasteiger partial charge in [0.25, 0.3) is 0 Å². The van der Waals surface area contributed by atoms with Gasteiger partial charge in [-0.15, -0.1) is 0 Å². The molecule has 0 radical (unpaired) electrons. The zero-order valence-electron chi connectivity index (χ0n) is 12.3. The molecule has 0 amide bonds. The summed E-state index contributed by atoms with van der Waals surface area (Å²) in [5.41, 5.74) is 0.420. The van der Waals surface area contributed by atoms with Crippen molar-refractivity contribution in [1.82, 2.24) is 0 Å². The fourth-order valence-corrected chi connectivity index (χ4v) is 3.15. The van der Waals surface area contributed by atoms with Gasteiger partial charge in [-0.1, -0.05) is 25.5 Å². The normalized spacial score (nSPS) is 23.8. The van der Waals surface area contributed by atoms with Crippen LogP contribution in [0, 0.1) is 17.6 Å². The van der Waals surface area contributed by atoms with Gasteiger partial charge in [-0.05, 0) is 43.6 Å². The highest BCUT2D eigenvalue weighted by atomic mass is 19.2. The average molecular weight is 296 g/mol. The number of rotatable bonds is 5. The number of aldehydes is 1. The minimum atomic E-state index is -0.954. The molecule has 1 saturated carbocycles. The van der Waals surface area contributed by atoms with Gasteiger partial charge in [0.05, 0.1) is 6.10 Å². The Morgan fingerprint density at radius 2 is 1.90 bits per heavy atom. The predicted molar refractivity (Wildman–Crippen MR) is 77.0 cm³/mol. The van der Waals surface area contributed by atoms with Gasteiger partial charge in [-0.3, -0.25) is 0 Å². The number of benzene rings is 1. The van der Waals surface area contributed by atoms with Crippen LogP contribution in [0.3, 0.4) is 0 Å². The second-order valence-corrected chi connectivity index (χ2v) is 5.92. The zero-order chi connectivity index (χ0) is 15.4. The first-order chi connectivity index (χ1) is 10.1. The van der Waals surface area contributed by atoms with Gasteiger partial charge in [-0.25, -0.2) is 8.78 Å². The molecular weight excluding hydrogens is 274 g/mol. The minimum absolute atomic E-state index is 0.0342. The minimum Gasteiger partial charge on any atom is -0.388 e. The Morgan fingerprint density at radius 1 is 1.24 bits per heavy atom.